The maximum Gasteiger partial charge on any atom is 0.311 e. The van der Waals surface area contributed by atoms with Gasteiger partial charge in [-0.15, -0.1) is 0 Å². The van der Waals surface area contributed by atoms with E-state index in [2.05, 4.69) is 0 Å². The summed E-state index contributed by atoms with van der Waals surface area (Å²) in [4.78, 5) is 11.4. The highest BCUT2D eigenvalue weighted by Gasteiger charge is 2.28. The van der Waals surface area contributed by atoms with Crippen LogP contribution in [0.5, 0.6) is 0 Å². The number of ether oxygens (including phenoxy) is 2. The molecule has 1 rings (SSSR count). The molecule has 0 aliphatic carbocycles. The van der Waals surface area contributed by atoms with Crippen molar-refractivity contribution in [3.05, 3.63) is 0 Å². The summed E-state index contributed by atoms with van der Waals surface area (Å²) >= 11 is 0. The van der Waals surface area contributed by atoms with Crippen LogP contribution in [0.15, 0.2) is 0 Å². The lowest BCUT2D eigenvalue weighted by Crippen LogP contribution is -2.28. The van der Waals surface area contributed by atoms with Crippen molar-refractivity contribution < 1.29 is 14.3 Å². The molecule has 1 fully saturated rings. The molecule has 0 saturated carbocycles. The van der Waals surface area contributed by atoms with Crippen LogP contribution in [0, 0.1) is 5.92 Å². The van der Waals surface area contributed by atoms with Crippen molar-refractivity contribution in [2.45, 2.75) is 32.8 Å². The smallest absolute Gasteiger partial charge is 0.311 e. The van der Waals surface area contributed by atoms with Gasteiger partial charge in [0.1, 0.15) is 5.60 Å². The van der Waals surface area contributed by atoms with Gasteiger partial charge in [0.15, 0.2) is 0 Å². The van der Waals surface area contributed by atoms with Crippen LogP contribution in [0.4, 0.5) is 0 Å². The van der Waals surface area contributed by atoms with Crippen molar-refractivity contribution in [3.63, 3.8) is 0 Å². The second-order valence-electron chi connectivity index (χ2n) is 4.09. The van der Waals surface area contributed by atoms with Gasteiger partial charge in [-0.1, -0.05) is 0 Å². The molecule has 0 amide bonds. The fourth-order valence-electron chi connectivity index (χ4n) is 1.11. The van der Waals surface area contributed by atoms with E-state index in [4.69, 9.17) is 9.47 Å². The third-order valence-electron chi connectivity index (χ3n) is 1.67. The molecule has 0 aromatic rings. The average Bonchev–Trinajstić information content (AvgIpc) is 2.32. The molecule has 0 N–H and O–H groups in total. The number of hydrogen-bond acceptors (Lipinski definition) is 3. The molecule has 0 radical (unpaired) electrons. The van der Waals surface area contributed by atoms with E-state index < -0.39 is 0 Å². The molecular weight excluding hydrogens is 156 g/mol. The van der Waals surface area contributed by atoms with Crippen LogP contribution in [0.2, 0.25) is 0 Å². The van der Waals surface area contributed by atoms with Gasteiger partial charge in [-0.25, -0.2) is 0 Å². The zero-order valence-corrected chi connectivity index (χ0v) is 7.92. The molecule has 1 aliphatic heterocycles. The Bertz CT molecular complexity index is 163. The molecule has 1 unspecified atom stereocenters. The Balaban J connectivity index is 2.37. The van der Waals surface area contributed by atoms with Gasteiger partial charge >= 0.3 is 5.97 Å². The molecule has 12 heavy (non-hydrogen) atoms. The molecule has 0 bridgehead atoms. The van der Waals surface area contributed by atoms with Crippen LogP contribution in [0.25, 0.3) is 0 Å². The minimum atomic E-state index is -0.375. The lowest BCUT2D eigenvalue weighted by Gasteiger charge is -2.21. The molecule has 0 aromatic heterocycles. The van der Waals surface area contributed by atoms with E-state index in [1.165, 1.54) is 0 Å². The van der Waals surface area contributed by atoms with Gasteiger partial charge in [0.2, 0.25) is 0 Å². The van der Waals surface area contributed by atoms with Crippen LogP contribution in [0.1, 0.15) is 27.2 Å². The highest BCUT2D eigenvalue weighted by Crippen LogP contribution is 2.17. The maximum absolute atomic E-state index is 11.4. The van der Waals surface area contributed by atoms with Crippen LogP contribution < -0.4 is 0 Å². The summed E-state index contributed by atoms with van der Waals surface area (Å²) in [6, 6.07) is 0. The van der Waals surface area contributed by atoms with Crippen molar-refractivity contribution in [2.24, 2.45) is 5.92 Å². The lowest BCUT2D eigenvalue weighted by atomic mass is 10.1. The predicted molar refractivity (Wildman–Crippen MR) is 44.8 cm³/mol. The zero-order chi connectivity index (χ0) is 9.19. The largest absolute Gasteiger partial charge is 0.460 e. The summed E-state index contributed by atoms with van der Waals surface area (Å²) in [6.45, 7) is 6.83. The molecule has 3 nitrogen and oxygen atoms in total. The summed E-state index contributed by atoms with van der Waals surface area (Å²) in [5.41, 5.74) is -0.375. The minimum Gasteiger partial charge on any atom is -0.460 e. The highest BCUT2D eigenvalue weighted by molar-refractivity contribution is 5.73. The van der Waals surface area contributed by atoms with Crippen molar-refractivity contribution in [3.8, 4) is 0 Å². The van der Waals surface area contributed by atoms with E-state index in [-0.39, 0.29) is 17.5 Å². The summed E-state index contributed by atoms with van der Waals surface area (Å²) in [5, 5.41) is 0. The summed E-state index contributed by atoms with van der Waals surface area (Å²) < 4.78 is 10.3. The topological polar surface area (TPSA) is 35.5 Å². The van der Waals surface area contributed by atoms with Gasteiger partial charge in [0, 0.05) is 6.61 Å². The zero-order valence-electron chi connectivity index (χ0n) is 7.92. The van der Waals surface area contributed by atoms with E-state index in [1.807, 2.05) is 20.8 Å². The number of carbonyl (C=O) groups is 1. The molecule has 1 aliphatic rings. The van der Waals surface area contributed by atoms with E-state index in [0.29, 0.717) is 13.2 Å². The van der Waals surface area contributed by atoms with Crippen LogP contribution in [-0.4, -0.2) is 24.8 Å². The number of rotatable bonds is 1. The second-order valence-corrected chi connectivity index (χ2v) is 4.09. The van der Waals surface area contributed by atoms with Crippen molar-refractivity contribution in [1.82, 2.24) is 0 Å². The Labute approximate surface area is 73.0 Å². The fourth-order valence-corrected chi connectivity index (χ4v) is 1.11. The van der Waals surface area contributed by atoms with E-state index in [0.717, 1.165) is 6.42 Å². The van der Waals surface area contributed by atoms with E-state index >= 15 is 0 Å². The van der Waals surface area contributed by atoms with Gasteiger partial charge in [-0.3, -0.25) is 4.79 Å². The number of esters is 1. The van der Waals surface area contributed by atoms with Gasteiger partial charge in [0.25, 0.3) is 0 Å². The standard InChI is InChI=1S/C9H16O3/c1-9(2,3)12-8(10)7-4-5-11-6-7/h7H,4-6H2,1-3H3. The lowest BCUT2D eigenvalue weighted by molar-refractivity contribution is -0.159. The number of carbonyl (C=O) groups excluding carboxylic acids is 1. The Morgan fingerprint density at radius 1 is 1.50 bits per heavy atom. The van der Waals surface area contributed by atoms with Crippen LogP contribution >= 0.6 is 0 Å². The Morgan fingerprint density at radius 2 is 2.17 bits per heavy atom. The quantitative estimate of drug-likeness (QED) is 0.560. The Hall–Kier alpha value is -0.570. The predicted octanol–water partition coefficient (Wildman–Crippen LogP) is 1.36. The van der Waals surface area contributed by atoms with E-state index in [1.54, 1.807) is 0 Å². The molecule has 0 aromatic carbocycles. The first-order valence-corrected chi connectivity index (χ1v) is 4.29. The normalized spacial score (nSPS) is 24.1. The monoisotopic (exact) mass is 172 g/mol. The van der Waals surface area contributed by atoms with Crippen LogP contribution in [-0.2, 0) is 14.3 Å². The SMILES string of the molecule is CC(C)(C)OC(=O)C1CCOC1. The first-order valence-electron chi connectivity index (χ1n) is 4.29. The third-order valence-corrected chi connectivity index (χ3v) is 1.67. The summed E-state index contributed by atoms with van der Waals surface area (Å²) in [5.74, 6) is -0.163. The maximum atomic E-state index is 11.4. The highest BCUT2D eigenvalue weighted by atomic mass is 16.6. The van der Waals surface area contributed by atoms with Gasteiger partial charge in [0.05, 0.1) is 12.5 Å². The molecule has 70 valence electrons. The van der Waals surface area contributed by atoms with Gasteiger partial charge < -0.3 is 9.47 Å². The average molecular weight is 172 g/mol. The van der Waals surface area contributed by atoms with Crippen molar-refractivity contribution in [1.29, 1.82) is 0 Å². The Morgan fingerprint density at radius 3 is 2.58 bits per heavy atom. The Kier molecular flexibility index (Phi) is 2.73. The summed E-state index contributed by atoms with van der Waals surface area (Å²) in [6.07, 6.45) is 0.801. The van der Waals surface area contributed by atoms with Crippen molar-refractivity contribution in [2.75, 3.05) is 13.2 Å². The minimum absolute atomic E-state index is 0.0378. The van der Waals surface area contributed by atoms with Crippen LogP contribution in [0.3, 0.4) is 0 Å². The van der Waals surface area contributed by atoms with Gasteiger partial charge in [-0.2, -0.15) is 0 Å². The van der Waals surface area contributed by atoms with E-state index in [9.17, 15) is 4.79 Å². The molecular formula is C9H16O3. The molecule has 0 spiro atoms. The third kappa shape index (κ3) is 2.81. The molecule has 1 atom stereocenters. The summed E-state index contributed by atoms with van der Waals surface area (Å²) in [7, 11) is 0. The van der Waals surface area contributed by atoms with Gasteiger partial charge in [-0.05, 0) is 27.2 Å². The second kappa shape index (κ2) is 3.44. The molecule has 3 heteroatoms. The molecule has 1 saturated heterocycles. The fraction of sp³-hybridized carbons (Fsp3) is 0.889. The van der Waals surface area contributed by atoms with Crippen molar-refractivity contribution >= 4 is 5.97 Å². The molecule has 1 heterocycles. The number of hydrogen-bond donors (Lipinski definition) is 0. The first-order chi connectivity index (χ1) is 5.49. The first kappa shape index (κ1) is 9.52.